The number of aromatic nitrogens is 2. The maximum atomic E-state index is 14.2. The first-order valence-corrected chi connectivity index (χ1v) is 8.96. The van der Waals surface area contributed by atoms with Gasteiger partial charge < -0.3 is 4.74 Å². The zero-order chi connectivity index (χ0) is 19.0. The quantitative estimate of drug-likeness (QED) is 0.665. The topological polar surface area (TPSA) is 44.1 Å². The number of ether oxygens (including phenoxy) is 1. The molecule has 1 aliphatic carbocycles. The van der Waals surface area contributed by atoms with Gasteiger partial charge in [-0.2, -0.15) is 5.10 Å². The third-order valence-corrected chi connectivity index (χ3v) is 5.53. The van der Waals surface area contributed by atoms with E-state index in [4.69, 9.17) is 4.74 Å². The summed E-state index contributed by atoms with van der Waals surface area (Å²) in [4.78, 5) is 12.9. The summed E-state index contributed by atoms with van der Waals surface area (Å²) >= 11 is 0. The zero-order valence-electron chi connectivity index (χ0n) is 15.4. The average molecular weight is 364 g/mol. The van der Waals surface area contributed by atoms with Crippen LogP contribution in [-0.4, -0.2) is 22.9 Å². The summed E-state index contributed by atoms with van der Waals surface area (Å²) in [6.45, 7) is 2.35. The van der Waals surface area contributed by atoms with E-state index in [0.717, 1.165) is 16.8 Å². The highest BCUT2D eigenvalue weighted by atomic mass is 19.1. The third-order valence-electron chi connectivity index (χ3n) is 5.53. The third kappa shape index (κ3) is 2.83. The lowest BCUT2D eigenvalue weighted by Crippen LogP contribution is -2.39. The van der Waals surface area contributed by atoms with Crippen LogP contribution in [0.2, 0.25) is 0 Å². The van der Waals surface area contributed by atoms with Crippen molar-refractivity contribution >= 4 is 5.97 Å². The van der Waals surface area contributed by atoms with Crippen LogP contribution in [0.15, 0.2) is 54.7 Å². The number of halogens is 1. The molecule has 4 rings (SSSR count). The van der Waals surface area contributed by atoms with Crippen LogP contribution < -0.4 is 0 Å². The molecule has 0 fully saturated rings. The molecule has 0 saturated carbocycles. The number of hydrogen-bond donors (Lipinski definition) is 0. The van der Waals surface area contributed by atoms with Gasteiger partial charge in [-0.3, -0.25) is 9.48 Å². The molecule has 5 heteroatoms. The molecule has 1 aromatic heterocycles. The molecule has 3 aromatic rings. The van der Waals surface area contributed by atoms with Crippen molar-refractivity contribution in [2.24, 2.45) is 0 Å². The van der Waals surface area contributed by atoms with Crippen molar-refractivity contribution in [3.05, 3.63) is 88.5 Å². The van der Waals surface area contributed by atoms with Crippen LogP contribution in [0.5, 0.6) is 0 Å². The van der Waals surface area contributed by atoms with E-state index in [1.165, 1.54) is 13.2 Å². The summed E-state index contributed by atoms with van der Waals surface area (Å²) in [5.74, 6) is -0.642. The Morgan fingerprint density at radius 3 is 2.70 bits per heavy atom. The molecule has 1 aliphatic rings. The van der Waals surface area contributed by atoms with E-state index in [1.54, 1.807) is 13.0 Å². The van der Waals surface area contributed by atoms with E-state index >= 15 is 0 Å². The molecule has 1 unspecified atom stereocenters. The normalized spacial score (nSPS) is 18.3. The minimum atomic E-state index is -0.910. The van der Waals surface area contributed by atoms with Crippen molar-refractivity contribution in [1.82, 2.24) is 9.78 Å². The van der Waals surface area contributed by atoms with Gasteiger partial charge in [-0.15, -0.1) is 0 Å². The summed E-state index contributed by atoms with van der Waals surface area (Å²) in [6, 6.07) is 15.0. The lowest BCUT2D eigenvalue weighted by atomic mass is 9.76. The molecule has 27 heavy (non-hydrogen) atoms. The van der Waals surface area contributed by atoms with Crippen LogP contribution in [0.25, 0.3) is 0 Å². The lowest BCUT2D eigenvalue weighted by Gasteiger charge is -2.28. The van der Waals surface area contributed by atoms with Gasteiger partial charge in [0.15, 0.2) is 0 Å². The van der Waals surface area contributed by atoms with Crippen molar-refractivity contribution in [2.45, 2.75) is 31.7 Å². The molecule has 0 spiro atoms. The van der Waals surface area contributed by atoms with Gasteiger partial charge in [0, 0.05) is 12.1 Å². The van der Waals surface area contributed by atoms with Gasteiger partial charge in [0.1, 0.15) is 11.2 Å². The van der Waals surface area contributed by atoms with Crippen LogP contribution in [-0.2, 0) is 34.3 Å². The largest absolute Gasteiger partial charge is 0.468 e. The van der Waals surface area contributed by atoms with Gasteiger partial charge in [0.05, 0.1) is 19.9 Å². The van der Waals surface area contributed by atoms with Crippen LogP contribution in [0.4, 0.5) is 4.39 Å². The number of benzene rings is 2. The van der Waals surface area contributed by atoms with Gasteiger partial charge in [-0.05, 0) is 41.7 Å². The predicted octanol–water partition coefficient (Wildman–Crippen LogP) is 3.59. The highest BCUT2D eigenvalue weighted by molar-refractivity contribution is 5.85. The Hall–Kier alpha value is -2.95. The van der Waals surface area contributed by atoms with Crippen LogP contribution in [0.3, 0.4) is 0 Å². The summed E-state index contributed by atoms with van der Waals surface area (Å²) in [5, 5.41) is 4.51. The Labute approximate surface area is 157 Å². The second kappa shape index (κ2) is 6.65. The Kier molecular flexibility index (Phi) is 4.30. The Balaban J connectivity index is 1.75. The van der Waals surface area contributed by atoms with Crippen molar-refractivity contribution < 1.29 is 13.9 Å². The van der Waals surface area contributed by atoms with E-state index in [2.05, 4.69) is 5.10 Å². The fourth-order valence-corrected chi connectivity index (χ4v) is 4.13. The number of carbonyl (C=O) groups is 1. The standard InChI is InChI=1S/C22H21FN2O2/c1-15-18(9-6-10-19(15)23)22(21(26)27-2)11-17-13-24-25(20(17)12-22)14-16-7-4-3-5-8-16/h3-10,13H,11-12,14H2,1-2H3. The first kappa shape index (κ1) is 17.5. The van der Waals surface area contributed by atoms with Crippen molar-refractivity contribution in [3.63, 3.8) is 0 Å². The maximum absolute atomic E-state index is 14.2. The van der Waals surface area contributed by atoms with E-state index in [9.17, 15) is 9.18 Å². The maximum Gasteiger partial charge on any atom is 0.317 e. The molecule has 0 saturated heterocycles. The average Bonchev–Trinajstić information content (AvgIpc) is 3.24. The first-order valence-electron chi connectivity index (χ1n) is 8.96. The van der Waals surface area contributed by atoms with Crippen molar-refractivity contribution in [2.75, 3.05) is 7.11 Å². The van der Waals surface area contributed by atoms with Gasteiger partial charge >= 0.3 is 5.97 Å². The highest BCUT2D eigenvalue weighted by Crippen LogP contribution is 2.42. The minimum absolute atomic E-state index is 0.308. The Morgan fingerprint density at radius 2 is 1.96 bits per heavy atom. The molecular formula is C22H21FN2O2. The van der Waals surface area contributed by atoms with Crippen LogP contribution in [0.1, 0.15) is 27.9 Å². The number of esters is 1. The molecular weight excluding hydrogens is 343 g/mol. The fraction of sp³-hybridized carbons (Fsp3) is 0.273. The molecule has 0 aliphatic heterocycles. The van der Waals surface area contributed by atoms with E-state index < -0.39 is 5.41 Å². The Bertz CT molecular complexity index is 997. The number of hydrogen-bond acceptors (Lipinski definition) is 3. The van der Waals surface area contributed by atoms with Gasteiger partial charge in [-0.1, -0.05) is 42.5 Å². The SMILES string of the molecule is COC(=O)C1(c2cccc(F)c2C)Cc2cnn(Cc3ccccc3)c2C1. The molecule has 0 amide bonds. The van der Waals surface area contributed by atoms with E-state index in [-0.39, 0.29) is 11.8 Å². The minimum Gasteiger partial charge on any atom is -0.468 e. The van der Waals surface area contributed by atoms with Gasteiger partial charge in [0.2, 0.25) is 0 Å². The Morgan fingerprint density at radius 1 is 1.19 bits per heavy atom. The first-order chi connectivity index (χ1) is 13.0. The molecule has 0 radical (unpaired) electrons. The van der Waals surface area contributed by atoms with Crippen molar-refractivity contribution in [1.29, 1.82) is 0 Å². The molecule has 4 nitrogen and oxygen atoms in total. The summed E-state index contributed by atoms with van der Waals surface area (Å²) in [6.07, 6.45) is 2.73. The molecule has 2 aromatic carbocycles. The molecule has 0 N–H and O–H groups in total. The number of carbonyl (C=O) groups excluding carboxylic acids is 1. The zero-order valence-corrected chi connectivity index (χ0v) is 15.4. The summed E-state index contributed by atoms with van der Waals surface area (Å²) in [5.41, 5.74) is 3.44. The lowest BCUT2D eigenvalue weighted by molar-refractivity contribution is -0.147. The highest BCUT2D eigenvalue weighted by Gasteiger charge is 2.49. The van der Waals surface area contributed by atoms with E-state index in [1.807, 2.05) is 47.3 Å². The van der Waals surface area contributed by atoms with E-state index in [0.29, 0.717) is 30.5 Å². The number of fused-ring (bicyclic) bond motifs is 1. The summed E-state index contributed by atoms with van der Waals surface area (Å²) < 4.78 is 21.3. The summed E-state index contributed by atoms with van der Waals surface area (Å²) in [7, 11) is 1.39. The fourth-order valence-electron chi connectivity index (χ4n) is 4.13. The molecule has 138 valence electrons. The monoisotopic (exact) mass is 364 g/mol. The molecule has 0 bridgehead atoms. The molecule has 1 atom stereocenters. The van der Waals surface area contributed by atoms with Gasteiger partial charge in [0.25, 0.3) is 0 Å². The predicted molar refractivity (Wildman–Crippen MR) is 100 cm³/mol. The van der Waals surface area contributed by atoms with Gasteiger partial charge in [-0.25, -0.2) is 4.39 Å². The van der Waals surface area contributed by atoms with Crippen LogP contribution >= 0.6 is 0 Å². The number of rotatable bonds is 4. The van der Waals surface area contributed by atoms with Crippen molar-refractivity contribution in [3.8, 4) is 0 Å². The number of nitrogens with zero attached hydrogens (tertiary/aromatic N) is 2. The molecule has 1 heterocycles. The second-order valence-electron chi connectivity index (χ2n) is 7.10. The second-order valence-corrected chi connectivity index (χ2v) is 7.10. The smallest absolute Gasteiger partial charge is 0.317 e. The van der Waals surface area contributed by atoms with Crippen LogP contribution in [0, 0.1) is 12.7 Å². The number of methoxy groups -OCH3 is 1.